The second kappa shape index (κ2) is 11.3. The molecule has 0 aliphatic carbocycles. The van der Waals surface area contributed by atoms with Crippen LogP contribution in [-0.2, 0) is 4.79 Å². The number of anilines is 1. The standard InChI is InChI=1S/C28H35N3O3S/c1-19-14-20(2)18-31(17-19)13-7-12-29-27(32)22-10-11-25-23(15-22)30(3)28(33)26(35-25)16-21-8-5-6-9-24(21)34-4/h5-6,8-11,15-16,19-20H,7,12-14,17-18H2,1-4H3,(H,29,32)/b26-16+/t19-,20-/m0/s1. The third-order valence-electron chi connectivity index (χ3n) is 6.62. The topological polar surface area (TPSA) is 61.9 Å². The van der Waals surface area contributed by atoms with Crippen molar-refractivity contribution < 1.29 is 14.3 Å². The molecule has 2 atom stereocenters. The summed E-state index contributed by atoms with van der Waals surface area (Å²) >= 11 is 1.42. The molecule has 1 N–H and O–H groups in total. The van der Waals surface area contributed by atoms with Crippen molar-refractivity contribution in [2.75, 3.05) is 45.2 Å². The van der Waals surface area contributed by atoms with E-state index in [1.807, 2.05) is 48.5 Å². The zero-order chi connectivity index (χ0) is 24.9. The van der Waals surface area contributed by atoms with Crippen LogP contribution in [0.25, 0.3) is 6.08 Å². The highest BCUT2D eigenvalue weighted by Gasteiger charge is 2.28. The van der Waals surface area contributed by atoms with E-state index in [-0.39, 0.29) is 11.8 Å². The second-order valence-electron chi connectivity index (χ2n) is 9.71. The molecule has 0 unspecified atom stereocenters. The third-order valence-corrected chi connectivity index (χ3v) is 7.70. The van der Waals surface area contributed by atoms with Crippen LogP contribution in [0.4, 0.5) is 5.69 Å². The summed E-state index contributed by atoms with van der Waals surface area (Å²) in [6, 6.07) is 13.2. The summed E-state index contributed by atoms with van der Waals surface area (Å²) in [5, 5.41) is 3.05. The number of amides is 2. The number of ether oxygens (including phenoxy) is 1. The molecule has 2 heterocycles. The zero-order valence-corrected chi connectivity index (χ0v) is 21.9. The van der Waals surface area contributed by atoms with E-state index >= 15 is 0 Å². The van der Waals surface area contributed by atoms with E-state index in [4.69, 9.17) is 4.74 Å². The Kier molecular flexibility index (Phi) is 8.19. The van der Waals surface area contributed by atoms with Crippen LogP contribution < -0.4 is 15.0 Å². The highest BCUT2D eigenvalue weighted by molar-refractivity contribution is 8.04. The van der Waals surface area contributed by atoms with Crippen LogP contribution in [-0.4, -0.2) is 57.1 Å². The van der Waals surface area contributed by atoms with Gasteiger partial charge in [-0.1, -0.05) is 43.8 Å². The van der Waals surface area contributed by atoms with Crippen molar-refractivity contribution in [2.45, 2.75) is 31.6 Å². The lowest BCUT2D eigenvalue weighted by atomic mass is 9.92. The number of nitrogens with zero attached hydrogens (tertiary/aromatic N) is 2. The van der Waals surface area contributed by atoms with Crippen molar-refractivity contribution in [3.63, 3.8) is 0 Å². The molecule has 2 amide bonds. The van der Waals surface area contributed by atoms with Gasteiger partial charge < -0.3 is 19.9 Å². The van der Waals surface area contributed by atoms with Crippen LogP contribution in [0, 0.1) is 11.8 Å². The van der Waals surface area contributed by atoms with E-state index in [0.717, 1.165) is 59.8 Å². The fraction of sp³-hybridized carbons (Fsp3) is 0.429. The van der Waals surface area contributed by atoms with Crippen molar-refractivity contribution in [1.82, 2.24) is 10.2 Å². The van der Waals surface area contributed by atoms with Crippen LogP contribution >= 0.6 is 11.8 Å². The minimum atomic E-state index is -0.102. The molecule has 7 heteroatoms. The van der Waals surface area contributed by atoms with Crippen molar-refractivity contribution >= 4 is 35.3 Å². The van der Waals surface area contributed by atoms with E-state index in [9.17, 15) is 9.59 Å². The summed E-state index contributed by atoms with van der Waals surface area (Å²) in [7, 11) is 3.37. The number of methoxy groups -OCH3 is 1. The monoisotopic (exact) mass is 493 g/mol. The lowest BCUT2D eigenvalue weighted by Crippen LogP contribution is -2.40. The predicted molar refractivity (Wildman–Crippen MR) is 143 cm³/mol. The Labute approximate surface area is 212 Å². The van der Waals surface area contributed by atoms with Crippen LogP contribution in [0.2, 0.25) is 0 Å². The van der Waals surface area contributed by atoms with Crippen molar-refractivity contribution in [3.8, 4) is 5.75 Å². The molecular formula is C28H35N3O3S. The Morgan fingerprint density at radius 2 is 1.91 bits per heavy atom. The first-order chi connectivity index (χ1) is 16.9. The number of likely N-dealkylation sites (N-methyl/N-ethyl adjacent to an activating group) is 1. The molecule has 0 spiro atoms. The maximum atomic E-state index is 13.1. The van der Waals surface area contributed by atoms with Gasteiger partial charge in [-0.25, -0.2) is 0 Å². The molecule has 186 valence electrons. The first kappa shape index (κ1) is 25.3. The minimum Gasteiger partial charge on any atom is -0.496 e. The number of nitrogens with one attached hydrogen (secondary N) is 1. The van der Waals surface area contributed by atoms with Gasteiger partial charge in [0.15, 0.2) is 0 Å². The van der Waals surface area contributed by atoms with Crippen molar-refractivity contribution in [2.24, 2.45) is 11.8 Å². The number of benzene rings is 2. The van der Waals surface area contributed by atoms with E-state index in [1.54, 1.807) is 19.1 Å². The van der Waals surface area contributed by atoms with Crippen LogP contribution in [0.3, 0.4) is 0 Å². The number of rotatable bonds is 7. The lowest BCUT2D eigenvalue weighted by Gasteiger charge is -2.34. The number of carbonyl (C=O) groups is 2. The SMILES string of the molecule is COc1ccccc1/C=C1/Sc2ccc(C(=O)NCCCN3C[C@@H](C)C[C@H](C)C3)cc2N(C)C1=O. The van der Waals surface area contributed by atoms with Gasteiger partial charge in [0, 0.05) is 42.7 Å². The molecule has 0 saturated carbocycles. The molecule has 4 rings (SSSR count). The molecular weight excluding hydrogens is 458 g/mol. The largest absolute Gasteiger partial charge is 0.496 e. The molecule has 0 bridgehead atoms. The van der Waals surface area contributed by atoms with Crippen LogP contribution in [0.15, 0.2) is 52.3 Å². The number of likely N-dealkylation sites (tertiary alicyclic amines) is 1. The molecule has 2 aromatic rings. The van der Waals surface area contributed by atoms with Gasteiger partial charge in [-0.05, 0) is 61.6 Å². The van der Waals surface area contributed by atoms with Gasteiger partial charge in [0.05, 0.1) is 17.7 Å². The summed E-state index contributed by atoms with van der Waals surface area (Å²) in [5.74, 6) is 2.00. The number of hydrogen-bond donors (Lipinski definition) is 1. The molecule has 2 aromatic carbocycles. The van der Waals surface area contributed by atoms with Gasteiger partial charge >= 0.3 is 0 Å². The smallest absolute Gasteiger partial charge is 0.264 e. The summed E-state index contributed by atoms with van der Waals surface area (Å²) < 4.78 is 5.42. The normalized spacial score (nSPS) is 21.7. The molecule has 2 aliphatic heterocycles. The predicted octanol–water partition coefficient (Wildman–Crippen LogP) is 4.90. The lowest BCUT2D eigenvalue weighted by molar-refractivity contribution is -0.114. The molecule has 2 aliphatic rings. The third kappa shape index (κ3) is 6.08. The Morgan fingerprint density at radius 1 is 1.17 bits per heavy atom. The van der Waals surface area contributed by atoms with E-state index in [0.29, 0.717) is 17.0 Å². The first-order valence-corrected chi connectivity index (χ1v) is 13.1. The molecule has 0 aromatic heterocycles. The molecule has 0 radical (unpaired) electrons. The number of para-hydroxylation sites is 1. The number of fused-ring (bicyclic) bond motifs is 1. The van der Waals surface area contributed by atoms with E-state index < -0.39 is 0 Å². The van der Waals surface area contributed by atoms with Gasteiger partial charge in [-0.2, -0.15) is 0 Å². The maximum absolute atomic E-state index is 13.1. The number of piperidine rings is 1. The summed E-state index contributed by atoms with van der Waals surface area (Å²) in [5.41, 5.74) is 2.18. The number of hydrogen-bond acceptors (Lipinski definition) is 5. The summed E-state index contributed by atoms with van der Waals surface area (Å²) in [4.78, 5) is 31.5. The first-order valence-electron chi connectivity index (χ1n) is 12.3. The van der Waals surface area contributed by atoms with Gasteiger partial charge in [0.1, 0.15) is 5.75 Å². The minimum absolute atomic E-state index is 0.101. The van der Waals surface area contributed by atoms with Gasteiger partial charge in [-0.3, -0.25) is 9.59 Å². The molecule has 1 fully saturated rings. The Hall–Kier alpha value is -2.77. The maximum Gasteiger partial charge on any atom is 0.264 e. The summed E-state index contributed by atoms with van der Waals surface area (Å²) in [6.45, 7) is 8.58. The molecule has 1 saturated heterocycles. The molecule has 35 heavy (non-hydrogen) atoms. The highest BCUT2D eigenvalue weighted by atomic mass is 32.2. The van der Waals surface area contributed by atoms with Crippen molar-refractivity contribution in [1.29, 1.82) is 0 Å². The van der Waals surface area contributed by atoms with Gasteiger partial charge in [0.2, 0.25) is 0 Å². The van der Waals surface area contributed by atoms with Crippen LogP contribution in [0.1, 0.15) is 42.6 Å². The summed E-state index contributed by atoms with van der Waals surface area (Å²) in [6.07, 6.45) is 4.09. The average molecular weight is 494 g/mol. The molecule has 6 nitrogen and oxygen atoms in total. The van der Waals surface area contributed by atoms with Crippen LogP contribution in [0.5, 0.6) is 5.75 Å². The Morgan fingerprint density at radius 3 is 2.66 bits per heavy atom. The highest BCUT2D eigenvalue weighted by Crippen LogP contribution is 2.42. The van der Waals surface area contributed by atoms with E-state index in [1.165, 1.54) is 18.2 Å². The quantitative estimate of drug-likeness (QED) is 0.439. The Bertz CT molecular complexity index is 1110. The average Bonchev–Trinajstić information content (AvgIpc) is 2.84. The van der Waals surface area contributed by atoms with Gasteiger partial charge in [0.25, 0.3) is 11.8 Å². The Balaban J connectivity index is 1.38. The fourth-order valence-corrected chi connectivity index (χ4v) is 6.13. The number of carbonyl (C=O) groups excluding carboxylic acids is 2. The second-order valence-corrected chi connectivity index (χ2v) is 10.8. The van der Waals surface area contributed by atoms with Crippen molar-refractivity contribution in [3.05, 3.63) is 58.5 Å². The van der Waals surface area contributed by atoms with E-state index in [2.05, 4.69) is 24.1 Å². The van der Waals surface area contributed by atoms with Gasteiger partial charge in [-0.15, -0.1) is 0 Å². The fourth-order valence-electron chi connectivity index (χ4n) is 5.04. The number of thioether (sulfide) groups is 1. The zero-order valence-electron chi connectivity index (χ0n) is 21.0.